The number of rotatable bonds is 12. The Labute approximate surface area is 396 Å². The molecule has 5 aliphatic rings. The molecule has 17 heteroatoms. The second-order valence-corrected chi connectivity index (χ2v) is 21.9. The molecule has 68 heavy (non-hydrogen) atoms. The van der Waals surface area contributed by atoms with Crippen LogP contribution in [0.3, 0.4) is 0 Å². The molecule has 2 atom stereocenters. The first kappa shape index (κ1) is 46.0. The molecule has 16 nitrogen and oxygen atoms in total. The number of aromatic nitrogens is 2. The highest BCUT2D eigenvalue weighted by molar-refractivity contribution is 7.90. The summed E-state index contributed by atoms with van der Waals surface area (Å²) in [5.74, 6) is -0.103. The largest absolute Gasteiger partial charge is 0.486 e. The smallest absolute Gasteiger partial charge is 0.316 e. The number of nitro groups is 1. The minimum absolute atomic E-state index is 0.0555. The second kappa shape index (κ2) is 18.3. The van der Waals surface area contributed by atoms with E-state index in [1.54, 1.807) is 30.5 Å². The Bertz CT molecular complexity index is 2800. The summed E-state index contributed by atoms with van der Waals surface area (Å²) in [6, 6.07) is 20.3. The fourth-order valence-corrected chi connectivity index (χ4v) is 12.3. The zero-order valence-corrected chi connectivity index (χ0v) is 39.6. The van der Waals surface area contributed by atoms with Crippen LogP contribution in [0.2, 0.25) is 0 Å². The van der Waals surface area contributed by atoms with E-state index in [0.717, 1.165) is 88.0 Å². The number of carbonyl (C=O) groups is 1. The highest BCUT2D eigenvalue weighted by atomic mass is 32.2. The van der Waals surface area contributed by atoms with Crippen molar-refractivity contribution in [1.29, 1.82) is 0 Å². The van der Waals surface area contributed by atoms with Crippen LogP contribution < -0.4 is 23.8 Å². The van der Waals surface area contributed by atoms with Crippen molar-refractivity contribution in [2.24, 2.45) is 11.3 Å². The van der Waals surface area contributed by atoms with Crippen molar-refractivity contribution in [3.63, 3.8) is 0 Å². The number of morpholine rings is 1. The number of benzene rings is 3. The molecular weight excluding hydrogens is 889 g/mol. The lowest BCUT2D eigenvalue weighted by Crippen LogP contribution is -2.58. The quantitative estimate of drug-likeness (QED) is 0.0793. The van der Waals surface area contributed by atoms with Gasteiger partial charge in [-0.1, -0.05) is 38.1 Å². The summed E-state index contributed by atoms with van der Waals surface area (Å²) >= 11 is 0. The first-order chi connectivity index (χ1) is 32.6. The minimum Gasteiger partial charge on any atom is -0.486 e. The van der Waals surface area contributed by atoms with Gasteiger partial charge in [0.05, 0.1) is 46.4 Å². The Hall–Kier alpha value is -5.75. The fourth-order valence-electron chi connectivity index (χ4n) is 11.3. The average molecular weight is 949 g/mol. The molecule has 3 N–H and O–H groups in total. The number of fused-ring (bicyclic) bond motifs is 2. The second-order valence-electron chi connectivity index (χ2n) is 20.2. The lowest BCUT2D eigenvalue weighted by atomic mass is 9.59. The van der Waals surface area contributed by atoms with Crippen molar-refractivity contribution in [2.45, 2.75) is 113 Å². The van der Waals surface area contributed by atoms with Gasteiger partial charge in [0, 0.05) is 61.1 Å². The molecule has 3 aromatic carbocycles. The number of nitrogens with zero attached hydrogens (tertiary/aromatic N) is 4. The van der Waals surface area contributed by atoms with Gasteiger partial charge < -0.3 is 33.9 Å². The third-order valence-electron chi connectivity index (χ3n) is 15.2. The summed E-state index contributed by atoms with van der Waals surface area (Å²) in [6.07, 6.45) is 10.6. The van der Waals surface area contributed by atoms with Crippen molar-refractivity contribution in [1.82, 2.24) is 19.6 Å². The SMILES string of the molecule is CC(C)c1ccccc1[C@H]1COCCN1C1CC2(CCN(c3ccc(C(=O)NS(=O)(=O)c4cc5c(c([N+](=O)[O-])c4)O[C@@H](CC4CCC(C)(O)CC4)CO5)c(Oc4cnc5[nH]ccc5c4)c3)CC2)C1. The zero-order chi connectivity index (χ0) is 47.4. The molecule has 2 aromatic heterocycles. The molecule has 3 aliphatic heterocycles. The Kier molecular flexibility index (Phi) is 12.4. The molecule has 0 bridgehead atoms. The van der Waals surface area contributed by atoms with Crippen LogP contribution in [0.4, 0.5) is 11.4 Å². The molecule has 5 heterocycles. The zero-order valence-electron chi connectivity index (χ0n) is 38.8. The van der Waals surface area contributed by atoms with Gasteiger partial charge in [0.15, 0.2) is 5.75 Å². The number of aromatic amines is 1. The lowest BCUT2D eigenvalue weighted by molar-refractivity contribution is -0.386. The summed E-state index contributed by atoms with van der Waals surface area (Å²) in [5.41, 5.74) is 3.14. The number of amides is 1. The average Bonchev–Trinajstić information content (AvgIpc) is 3.79. The van der Waals surface area contributed by atoms with E-state index in [1.807, 2.05) is 13.0 Å². The number of carbonyl (C=O) groups excluding carboxylic acids is 1. The third kappa shape index (κ3) is 9.37. The molecule has 10 rings (SSSR count). The van der Waals surface area contributed by atoms with Crippen LogP contribution in [-0.2, 0) is 14.8 Å². The number of aliphatic hydroxyl groups is 1. The number of sulfonamides is 1. The van der Waals surface area contributed by atoms with Gasteiger partial charge in [0.1, 0.15) is 29.9 Å². The van der Waals surface area contributed by atoms with E-state index < -0.39 is 43.1 Å². The van der Waals surface area contributed by atoms with Crippen molar-refractivity contribution < 1.29 is 42.2 Å². The monoisotopic (exact) mass is 948 g/mol. The number of nitrogens with one attached hydrogen (secondary N) is 2. The van der Waals surface area contributed by atoms with Gasteiger partial charge >= 0.3 is 5.69 Å². The third-order valence-corrected chi connectivity index (χ3v) is 16.5. The first-order valence-corrected chi connectivity index (χ1v) is 25.4. The highest BCUT2D eigenvalue weighted by Gasteiger charge is 2.50. The Morgan fingerprint density at radius 2 is 1.81 bits per heavy atom. The lowest BCUT2D eigenvalue weighted by Gasteiger charge is -2.57. The maximum Gasteiger partial charge on any atom is 0.316 e. The van der Waals surface area contributed by atoms with Crippen molar-refractivity contribution in [3.05, 3.63) is 106 Å². The summed E-state index contributed by atoms with van der Waals surface area (Å²) < 4.78 is 54.5. The van der Waals surface area contributed by atoms with Gasteiger partial charge in [0.2, 0.25) is 5.75 Å². The number of nitro benzene ring substituents is 1. The summed E-state index contributed by atoms with van der Waals surface area (Å²) in [7, 11) is -4.69. The number of anilines is 1. The first-order valence-electron chi connectivity index (χ1n) is 24.0. The van der Waals surface area contributed by atoms with Crippen LogP contribution in [0.5, 0.6) is 23.0 Å². The number of hydrogen-bond acceptors (Lipinski definition) is 13. The predicted octanol–water partition coefficient (Wildman–Crippen LogP) is 8.80. The highest BCUT2D eigenvalue weighted by Crippen LogP contribution is 2.53. The maximum atomic E-state index is 14.1. The van der Waals surface area contributed by atoms with Crippen molar-refractivity contribution in [2.75, 3.05) is 44.4 Å². The minimum atomic E-state index is -4.69. The van der Waals surface area contributed by atoms with Crippen LogP contribution in [0.15, 0.2) is 84.0 Å². The Balaban J connectivity index is 0.847. The fraction of sp³-hybridized carbons (Fsp3) is 0.490. The molecule has 2 aliphatic carbocycles. The van der Waals surface area contributed by atoms with Crippen LogP contribution in [-0.4, -0.2) is 96.4 Å². The van der Waals surface area contributed by atoms with Crippen LogP contribution in [0.25, 0.3) is 11.0 Å². The van der Waals surface area contributed by atoms with Gasteiger partial charge in [-0.25, -0.2) is 18.1 Å². The topological polar surface area (TPSA) is 199 Å². The van der Waals surface area contributed by atoms with Gasteiger partial charge in [-0.3, -0.25) is 19.8 Å². The maximum absolute atomic E-state index is 14.1. The number of hydrogen-bond donors (Lipinski definition) is 3. The predicted molar refractivity (Wildman–Crippen MR) is 255 cm³/mol. The van der Waals surface area contributed by atoms with Gasteiger partial charge in [-0.2, -0.15) is 0 Å². The molecular formula is C51H60N6O10S. The van der Waals surface area contributed by atoms with E-state index in [4.69, 9.17) is 18.9 Å². The van der Waals surface area contributed by atoms with Crippen molar-refractivity contribution >= 4 is 38.3 Å². The number of ether oxygens (including phenoxy) is 4. The number of piperidine rings is 1. The molecule has 2 saturated heterocycles. The van der Waals surface area contributed by atoms with Crippen LogP contribution in [0, 0.1) is 21.4 Å². The van der Waals surface area contributed by atoms with Crippen LogP contribution >= 0.6 is 0 Å². The Morgan fingerprint density at radius 1 is 1.03 bits per heavy atom. The standard InChI is InChI=1S/C51H60N6O10S/c1-32(2)40-6-4-5-7-41(40)44-31-64-21-20-56(44)36-27-51(28-36)15-18-55(19-16-51)35-8-9-42(45(24-35)66-37-23-34-12-17-52-48(34)53-29-37)49(58)54-68(62,63)39-25-43(57(60)61)47-46(26-39)65-30-38(67-47)22-33-10-13-50(3,59)14-11-33/h4-9,12,17,23-26,29,32-33,36,38,44,59H,10-11,13-16,18-22,27-28,30-31H2,1-3H3,(H,52,53)(H,54,58)/t33?,38-,44+,50?/m0/s1. The van der Waals surface area contributed by atoms with E-state index in [1.165, 1.54) is 17.3 Å². The van der Waals surface area contributed by atoms with Crippen molar-refractivity contribution in [3.8, 4) is 23.0 Å². The molecule has 0 radical (unpaired) electrons. The number of H-pyrrole nitrogens is 1. The molecule has 4 fully saturated rings. The number of pyridine rings is 1. The normalized spacial score (nSPS) is 24.2. The molecule has 0 unspecified atom stereocenters. The van der Waals surface area contributed by atoms with Gasteiger partial charge in [-0.15, -0.1) is 0 Å². The summed E-state index contributed by atoms with van der Waals surface area (Å²) in [6.45, 7) is 10.4. The molecule has 2 saturated carbocycles. The molecule has 360 valence electrons. The van der Waals surface area contributed by atoms with E-state index >= 15 is 0 Å². The molecule has 1 spiro atoms. The van der Waals surface area contributed by atoms with E-state index in [-0.39, 0.29) is 46.8 Å². The Morgan fingerprint density at radius 3 is 2.57 bits per heavy atom. The van der Waals surface area contributed by atoms with E-state index in [9.17, 15) is 28.4 Å². The molecule has 5 aromatic rings. The molecule has 1 amide bonds. The van der Waals surface area contributed by atoms with Gasteiger partial charge in [0.25, 0.3) is 15.9 Å². The van der Waals surface area contributed by atoms with E-state index in [2.05, 4.69) is 62.6 Å². The summed E-state index contributed by atoms with van der Waals surface area (Å²) in [4.78, 5) is 37.7. The van der Waals surface area contributed by atoms with Crippen LogP contribution in [0.1, 0.15) is 112 Å². The van der Waals surface area contributed by atoms with Gasteiger partial charge in [-0.05, 0) is 117 Å². The van der Waals surface area contributed by atoms with E-state index in [0.29, 0.717) is 49.2 Å². The summed E-state index contributed by atoms with van der Waals surface area (Å²) in [5, 5.41) is 23.5.